The van der Waals surface area contributed by atoms with E-state index in [2.05, 4.69) is 12.2 Å². The molecule has 0 radical (unpaired) electrons. The Bertz CT molecular complexity index is 149. The molecular formula is C13H27NO. The molecule has 0 bridgehead atoms. The van der Waals surface area contributed by atoms with Gasteiger partial charge in [-0.25, -0.2) is 0 Å². The van der Waals surface area contributed by atoms with Gasteiger partial charge >= 0.3 is 0 Å². The van der Waals surface area contributed by atoms with E-state index in [0.29, 0.717) is 0 Å². The van der Waals surface area contributed by atoms with Crippen molar-refractivity contribution in [1.82, 2.24) is 5.32 Å². The van der Waals surface area contributed by atoms with E-state index in [-0.39, 0.29) is 0 Å². The molecule has 1 aliphatic rings. The highest BCUT2D eigenvalue weighted by atomic mass is 16.5. The Kier molecular flexibility index (Phi) is 7.03. The maximum Gasteiger partial charge on any atom is 0.0474 e. The van der Waals surface area contributed by atoms with Gasteiger partial charge < -0.3 is 10.1 Å². The van der Waals surface area contributed by atoms with E-state index in [1.54, 1.807) is 7.11 Å². The number of hydrogen-bond acceptors (Lipinski definition) is 2. The average Bonchev–Trinajstić information content (AvgIpc) is 2.69. The smallest absolute Gasteiger partial charge is 0.0474 e. The van der Waals surface area contributed by atoms with Gasteiger partial charge in [-0.3, -0.25) is 0 Å². The van der Waals surface area contributed by atoms with Crippen LogP contribution < -0.4 is 5.32 Å². The van der Waals surface area contributed by atoms with E-state index < -0.39 is 0 Å². The van der Waals surface area contributed by atoms with Crippen molar-refractivity contribution in [3.05, 3.63) is 0 Å². The first-order chi connectivity index (χ1) is 7.38. The second-order valence-corrected chi connectivity index (χ2v) is 4.74. The van der Waals surface area contributed by atoms with Crippen LogP contribution in [0.2, 0.25) is 0 Å². The summed E-state index contributed by atoms with van der Waals surface area (Å²) in [6, 6.07) is 0.799. The van der Waals surface area contributed by atoms with Gasteiger partial charge in [-0.2, -0.15) is 0 Å². The number of nitrogens with one attached hydrogen (secondary N) is 1. The van der Waals surface area contributed by atoms with Crippen LogP contribution in [0.1, 0.15) is 51.9 Å². The molecule has 0 aromatic heterocycles. The predicted octanol–water partition coefficient (Wildman–Crippen LogP) is 2.97. The highest BCUT2D eigenvalue weighted by molar-refractivity contribution is 4.82. The molecule has 1 fully saturated rings. The molecule has 0 saturated heterocycles. The number of unbranched alkanes of at least 4 members (excludes halogenated alkanes) is 1. The Labute approximate surface area is 94.8 Å². The van der Waals surface area contributed by atoms with Crippen molar-refractivity contribution in [3.8, 4) is 0 Å². The minimum Gasteiger partial charge on any atom is -0.385 e. The van der Waals surface area contributed by atoms with E-state index in [0.717, 1.165) is 31.5 Å². The van der Waals surface area contributed by atoms with Crippen LogP contribution in [-0.2, 0) is 4.74 Å². The van der Waals surface area contributed by atoms with Gasteiger partial charge in [0.25, 0.3) is 0 Å². The van der Waals surface area contributed by atoms with E-state index >= 15 is 0 Å². The molecule has 1 rings (SSSR count). The maximum atomic E-state index is 5.06. The number of methoxy groups -OCH3 is 1. The second-order valence-electron chi connectivity index (χ2n) is 4.74. The Balaban J connectivity index is 2.09. The van der Waals surface area contributed by atoms with Crippen LogP contribution in [0.15, 0.2) is 0 Å². The summed E-state index contributed by atoms with van der Waals surface area (Å²) in [5, 5.41) is 3.70. The van der Waals surface area contributed by atoms with Gasteiger partial charge in [0.15, 0.2) is 0 Å². The third-order valence-electron chi connectivity index (χ3n) is 3.52. The molecule has 0 amide bonds. The molecule has 90 valence electrons. The van der Waals surface area contributed by atoms with E-state index in [9.17, 15) is 0 Å². The summed E-state index contributed by atoms with van der Waals surface area (Å²) < 4.78 is 5.06. The molecule has 2 nitrogen and oxygen atoms in total. The molecule has 2 heteroatoms. The summed E-state index contributed by atoms with van der Waals surface area (Å²) in [5.74, 6) is 0.951. The molecule has 0 aliphatic heterocycles. The van der Waals surface area contributed by atoms with E-state index in [4.69, 9.17) is 4.74 Å². The zero-order valence-electron chi connectivity index (χ0n) is 10.4. The van der Waals surface area contributed by atoms with Crippen molar-refractivity contribution in [2.75, 3.05) is 20.3 Å². The van der Waals surface area contributed by atoms with Crippen molar-refractivity contribution in [2.45, 2.75) is 57.9 Å². The summed E-state index contributed by atoms with van der Waals surface area (Å²) >= 11 is 0. The quantitative estimate of drug-likeness (QED) is 0.626. The first kappa shape index (κ1) is 13.0. The molecule has 0 aromatic carbocycles. The molecule has 2 atom stereocenters. The lowest BCUT2D eigenvalue weighted by atomic mass is 9.97. The Hall–Kier alpha value is -0.0800. The molecule has 0 spiro atoms. The van der Waals surface area contributed by atoms with Gasteiger partial charge in [0, 0.05) is 19.8 Å². The zero-order valence-corrected chi connectivity index (χ0v) is 10.4. The summed E-state index contributed by atoms with van der Waals surface area (Å²) in [6.45, 7) is 4.30. The monoisotopic (exact) mass is 213 g/mol. The lowest BCUT2D eigenvalue weighted by Gasteiger charge is -2.20. The number of rotatable bonds is 8. The average molecular weight is 213 g/mol. The highest BCUT2D eigenvalue weighted by Gasteiger charge is 2.25. The fourth-order valence-corrected chi connectivity index (χ4v) is 2.62. The minimum atomic E-state index is 0.799. The van der Waals surface area contributed by atoms with Crippen LogP contribution in [0.25, 0.3) is 0 Å². The molecule has 1 N–H and O–H groups in total. The first-order valence-corrected chi connectivity index (χ1v) is 6.60. The largest absolute Gasteiger partial charge is 0.385 e. The van der Waals surface area contributed by atoms with Crippen LogP contribution in [0.5, 0.6) is 0 Å². The summed E-state index contributed by atoms with van der Waals surface area (Å²) in [7, 11) is 1.78. The fourth-order valence-electron chi connectivity index (χ4n) is 2.62. The van der Waals surface area contributed by atoms with Gasteiger partial charge in [-0.15, -0.1) is 0 Å². The minimum absolute atomic E-state index is 0.799. The maximum absolute atomic E-state index is 5.06. The lowest BCUT2D eigenvalue weighted by molar-refractivity contribution is 0.192. The first-order valence-electron chi connectivity index (χ1n) is 6.60. The highest BCUT2D eigenvalue weighted by Crippen LogP contribution is 2.29. The number of ether oxygens (including phenoxy) is 1. The van der Waals surface area contributed by atoms with Crippen LogP contribution >= 0.6 is 0 Å². The Morgan fingerprint density at radius 3 is 2.87 bits per heavy atom. The summed E-state index contributed by atoms with van der Waals surface area (Å²) in [4.78, 5) is 0. The molecule has 2 unspecified atom stereocenters. The van der Waals surface area contributed by atoms with Gasteiger partial charge in [-0.05, 0) is 38.1 Å². The number of hydrogen-bond donors (Lipinski definition) is 1. The lowest BCUT2D eigenvalue weighted by Crippen LogP contribution is -2.33. The second kappa shape index (κ2) is 8.12. The van der Waals surface area contributed by atoms with Crippen molar-refractivity contribution in [3.63, 3.8) is 0 Å². The van der Waals surface area contributed by atoms with Crippen LogP contribution in [0, 0.1) is 5.92 Å². The van der Waals surface area contributed by atoms with Gasteiger partial charge in [0.05, 0.1) is 0 Å². The van der Waals surface area contributed by atoms with Crippen molar-refractivity contribution < 1.29 is 4.74 Å². The Morgan fingerprint density at radius 2 is 2.13 bits per heavy atom. The molecule has 1 saturated carbocycles. The van der Waals surface area contributed by atoms with Crippen LogP contribution in [0.4, 0.5) is 0 Å². The van der Waals surface area contributed by atoms with Crippen molar-refractivity contribution in [1.29, 1.82) is 0 Å². The molecule has 0 aromatic rings. The normalized spacial score (nSPS) is 26.0. The Morgan fingerprint density at radius 1 is 1.27 bits per heavy atom. The van der Waals surface area contributed by atoms with E-state index in [1.165, 1.54) is 38.5 Å². The third kappa shape index (κ3) is 4.98. The fraction of sp³-hybridized carbons (Fsp3) is 1.00. The van der Waals surface area contributed by atoms with Crippen molar-refractivity contribution >= 4 is 0 Å². The summed E-state index contributed by atoms with van der Waals surface area (Å²) in [6.07, 6.45) is 9.58. The third-order valence-corrected chi connectivity index (χ3v) is 3.52. The van der Waals surface area contributed by atoms with Crippen LogP contribution in [-0.4, -0.2) is 26.3 Å². The predicted molar refractivity (Wildman–Crippen MR) is 65.1 cm³/mol. The van der Waals surface area contributed by atoms with Gasteiger partial charge in [0.1, 0.15) is 0 Å². The molecule has 0 heterocycles. The standard InChI is InChI=1S/C13H27NO/c1-3-4-7-12-8-5-9-13(12)14-10-6-11-15-2/h12-14H,3-11H2,1-2H3. The molecule has 1 aliphatic carbocycles. The van der Waals surface area contributed by atoms with Crippen LogP contribution in [0.3, 0.4) is 0 Å². The SMILES string of the molecule is CCCCC1CCCC1NCCCOC. The van der Waals surface area contributed by atoms with Crippen molar-refractivity contribution in [2.24, 2.45) is 5.92 Å². The van der Waals surface area contributed by atoms with Gasteiger partial charge in [0.2, 0.25) is 0 Å². The summed E-state index contributed by atoms with van der Waals surface area (Å²) in [5.41, 5.74) is 0. The van der Waals surface area contributed by atoms with Gasteiger partial charge in [-0.1, -0.05) is 26.2 Å². The van der Waals surface area contributed by atoms with E-state index in [1.807, 2.05) is 0 Å². The topological polar surface area (TPSA) is 21.3 Å². The molecular weight excluding hydrogens is 186 g/mol. The zero-order chi connectivity index (χ0) is 10.9. The molecule has 15 heavy (non-hydrogen) atoms.